The Morgan fingerprint density at radius 3 is 2.88 bits per heavy atom. The molecule has 0 aliphatic carbocycles. The van der Waals surface area contributed by atoms with E-state index < -0.39 is 0 Å². The third-order valence-electron chi connectivity index (χ3n) is 2.22. The maximum absolute atomic E-state index is 11.9. The summed E-state index contributed by atoms with van der Waals surface area (Å²) in [7, 11) is 0. The van der Waals surface area contributed by atoms with E-state index in [1.165, 1.54) is 12.4 Å². The van der Waals surface area contributed by atoms with Crippen LogP contribution in [0.4, 0.5) is 5.95 Å². The van der Waals surface area contributed by atoms with Crippen molar-refractivity contribution < 1.29 is 4.79 Å². The number of aromatic nitrogens is 3. The Balaban J connectivity index is 2.24. The minimum absolute atomic E-state index is 0.192. The SMILES string of the molecule is Cc1c(Br)cccc1C(=O)Nc1nccnn1. The van der Waals surface area contributed by atoms with E-state index in [9.17, 15) is 4.79 Å². The molecule has 1 aromatic carbocycles. The Bertz CT molecular complexity index is 544. The van der Waals surface area contributed by atoms with Crippen molar-refractivity contribution in [3.05, 3.63) is 46.2 Å². The predicted molar refractivity (Wildman–Crippen MR) is 66.7 cm³/mol. The summed E-state index contributed by atoms with van der Waals surface area (Å²) < 4.78 is 0.886. The first kappa shape index (κ1) is 11.7. The van der Waals surface area contributed by atoms with E-state index in [1.807, 2.05) is 13.0 Å². The number of amides is 1. The highest BCUT2D eigenvalue weighted by molar-refractivity contribution is 9.10. The fourth-order valence-electron chi connectivity index (χ4n) is 1.33. The van der Waals surface area contributed by atoms with E-state index in [-0.39, 0.29) is 11.9 Å². The lowest BCUT2D eigenvalue weighted by Gasteiger charge is -2.06. The average molecular weight is 293 g/mol. The highest BCUT2D eigenvalue weighted by Crippen LogP contribution is 2.19. The van der Waals surface area contributed by atoms with Gasteiger partial charge in [0.05, 0.1) is 12.4 Å². The van der Waals surface area contributed by atoms with Crippen molar-refractivity contribution >= 4 is 27.8 Å². The van der Waals surface area contributed by atoms with Gasteiger partial charge in [-0.15, -0.1) is 5.10 Å². The molecule has 0 radical (unpaired) electrons. The van der Waals surface area contributed by atoms with Crippen LogP contribution in [0.2, 0.25) is 0 Å². The molecule has 0 bridgehead atoms. The van der Waals surface area contributed by atoms with E-state index in [0.717, 1.165) is 10.0 Å². The number of anilines is 1. The minimum atomic E-state index is -0.253. The Kier molecular flexibility index (Phi) is 3.43. The van der Waals surface area contributed by atoms with Crippen LogP contribution in [0.3, 0.4) is 0 Å². The Labute approximate surface area is 106 Å². The fourth-order valence-corrected chi connectivity index (χ4v) is 1.69. The molecule has 86 valence electrons. The topological polar surface area (TPSA) is 67.8 Å². The Morgan fingerprint density at radius 2 is 2.18 bits per heavy atom. The van der Waals surface area contributed by atoms with Gasteiger partial charge in [0.15, 0.2) is 0 Å². The lowest BCUT2D eigenvalue weighted by Crippen LogP contribution is -2.15. The highest BCUT2D eigenvalue weighted by atomic mass is 79.9. The van der Waals surface area contributed by atoms with Crippen molar-refractivity contribution in [2.75, 3.05) is 5.32 Å². The summed E-state index contributed by atoms with van der Waals surface area (Å²) in [5, 5.41) is 9.91. The molecule has 0 aliphatic heterocycles. The zero-order chi connectivity index (χ0) is 12.3. The molecule has 6 heteroatoms. The van der Waals surface area contributed by atoms with Gasteiger partial charge in [0.1, 0.15) is 0 Å². The molecule has 0 saturated heterocycles. The molecule has 17 heavy (non-hydrogen) atoms. The number of benzene rings is 1. The van der Waals surface area contributed by atoms with Crippen LogP contribution in [-0.4, -0.2) is 21.1 Å². The Morgan fingerprint density at radius 1 is 1.35 bits per heavy atom. The van der Waals surface area contributed by atoms with Crippen molar-refractivity contribution in [2.45, 2.75) is 6.92 Å². The molecule has 0 fully saturated rings. The summed E-state index contributed by atoms with van der Waals surface area (Å²) in [5.41, 5.74) is 1.45. The monoisotopic (exact) mass is 292 g/mol. The normalized spacial score (nSPS) is 10.0. The van der Waals surface area contributed by atoms with E-state index in [2.05, 4.69) is 36.4 Å². The number of halogens is 1. The van der Waals surface area contributed by atoms with Crippen LogP contribution in [0, 0.1) is 6.92 Å². The second kappa shape index (κ2) is 5.01. The van der Waals surface area contributed by atoms with Crippen LogP contribution < -0.4 is 5.32 Å². The Hall–Kier alpha value is -1.82. The summed E-state index contributed by atoms with van der Waals surface area (Å²) in [4.78, 5) is 15.8. The summed E-state index contributed by atoms with van der Waals surface area (Å²) in [6, 6.07) is 5.43. The summed E-state index contributed by atoms with van der Waals surface area (Å²) in [6.07, 6.45) is 2.91. The quantitative estimate of drug-likeness (QED) is 0.921. The van der Waals surface area contributed by atoms with E-state index >= 15 is 0 Å². The van der Waals surface area contributed by atoms with Crippen molar-refractivity contribution in [3.63, 3.8) is 0 Å². The van der Waals surface area contributed by atoms with Gasteiger partial charge in [0.2, 0.25) is 5.95 Å². The number of carbonyl (C=O) groups is 1. The first-order valence-electron chi connectivity index (χ1n) is 4.88. The molecule has 0 aliphatic rings. The third kappa shape index (κ3) is 2.65. The average Bonchev–Trinajstić information content (AvgIpc) is 2.34. The summed E-state index contributed by atoms with van der Waals surface area (Å²) >= 11 is 3.38. The van der Waals surface area contributed by atoms with Gasteiger partial charge < -0.3 is 0 Å². The molecule has 2 aromatic rings. The summed E-state index contributed by atoms with van der Waals surface area (Å²) in [5.74, 6) is -0.0614. The maximum atomic E-state index is 11.9. The number of hydrogen-bond donors (Lipinski definition) is 1. The van der Waals surface area contributed by atoms with Crippen LogP contribution in [0.1, 0.15) is 15.9 Å². The van der Waals surface area contributed by atoms with Crippen LogP contribution in [0.15, 0.2) is 35.1 Å². The lowest BCUT2D eigenvalue weighted by atomic mass is 10.1. The second-order valence-corrected chi connectivity index (χ2v) is 4.19. The van der Waals surface area contributed by atoms with Crippen LogP contribution >= 0.6 is 15.9 Å². The molecule has 0 atom stereocenters. The zero-order valence-corrected chi connectivity index (χ0v) is 10.6. The van der Waals surface area contributed by atoms with Crippen LogP contribution in [-0.2, 0) is 0 Å². The summed E-state index contributed by atoms with van der Waals surface area (Å²) in [6.45, 7) is 1.86. The first-order valence-corrected chi connectivity index (χ1v) is 5.68. The predicted octanol–water partition coefficient (Wildman–Crippen LogP) is 2.19. The molecular formula is C11H9BrN4O. The molecule has 1 amide bonds. The van der Waals surface area contributed by atoms with Gasteiger partial charge in [-0.3, -0.25) is 10.1 Å². The van der Waals surface area contributed by atoms with Crippen LogP contribution in [0.25, 0.3) is 0 Å². The molecule has 1 N–H and O–H groups in total. The van der Waals surface area contributed by atoms with Gasteiger partial charge >= 0.3 is 0 Å². The van der Waals surface area contributed by atoms with Crippen molar-refractivity contribution in [1.82, 2.24) is 15.2 Å². The van der Waals surface area contributed by atoms with E-state index in [4.69, 9.17) is 0 Å². The second-order valence-electron chi connectivity index (χ2n) is 3.33. The lowest BCUT2D eigenvalue weighted by molar-refractivity contribution is 0.102. The molecular weight excluding hydrogens is 284 g/mol. The van der Waals surface area contributed by atoms with Gasteiger partial charge in [-0.1, -0.05) is 22.0 Å². The number of nitrogens with zero attached hydrogens (tertiary/aromatic N) is 3. The molecule has 5 nitrogen and oxygen atoms in total. The number of hydrogen-bond acceptors (Lipinski definition) is 4. The van der Waals surface area contributed by atoms with E-state index in [1.54, 1.807) is 12.1 Å². The maximum Gasteiger partial charge on any atom is 0.258 e. The van der Waals surface area contributed by atoms with Gasteiger partial charge in [-0.05, 0) is 24.6 Å². The molecule has 1 aromatic heterocycles. The van der Waals surface area contributed by atoms with Gasteiger partial charge in [-0.2, -0.15) is 5.10 Å². The van der Waals surface area contributed by atoms with E-state index in [0.29, 0.717) is 5.56 Å². The minimum Gasteiger partial charge on any atom is -0.289 e. The van der Waals surface area contributed by atoms with Crippen LogP contribution in [0.5, 0.6) is 0 Å². The van der Waals surface area contributed by atoms with Gasteiger partial charge in [0.25, 0.3) is 5.91 Å². The van der Waals surface area contributed by atoms with Gasteiger partial charge in [0, 0.05) is 10.0 Å². The van der Waals surface area contributed by atoms with Gasteiger partial charge in [-0.25, -0.2) is 4.98 Å². The molecule has 1 heterocycles. The number of rotatable bonds is 2. The largest absolute Gasteiger partial charge is 0.289 e. The molecule has 0 saturated carbocycles. The fraction of sp³-hybridized carbons (Fsp3) is 0.0909. The highest BCUT2D eigenvalue weighted by Gasteiger charge is 2.11. The first-order chi connectivity index (χ1) is 8.18. The standard InChI is InChI=1S/C11H9BrN4O/c1-7-8(3-2-4-9(7)12)10(17)15-11-13-5-6-14-16-11/h2-6H,1H3,(H,13,15,16,17). The molecule has 0 unspecified atom stereocenters. The molecule has 0 spiro atoms. The third-order valence-corrected chi connectivity index (χ3v) is 3.08. The zero-order valence-electron chi connectivity index (χ0n) is 9.01. The van der Waals surface area contributed by atoms with Crippen molar-refractivity contribution in [2.24, 2.45) is 0 Å². The number of carbonyl (C=O) groups excluding carboxylic acids is 1. The smallest absolute Gasteiger partial charge is 0.258 e. The number of nitrogens with one attached hydrogen (secondary N) is 1. The van der Waals surface area contributed by atoms with Crippen molar-refractivity contribution in [3.8, 4) is 0 Å². The van der Waals surface area contributed by atoms with Crippen molar-refractivity contribution in [1.29, 1.82) is 0 Å². The molecule has 2 rings (SSSR count).